The number of hydrogen-bond acceptors (Lipinski definition) is 2. The van der Waals surface area contributed by atoms with Gasteiger partial charge in [-0.25, -0.2) is 9.55 Å². The Labute approximate surface area is 63.5 Å². The molecule has 0 radical (unpaired) electrons. The van der Waals surface area contributed by atoms with E-state index in [1.165, 1.54) is 4.57 Å². The predicted molar refractivity (Wildman–Crippen MR) is 40.7 cm³/mol. The van der Waals surface area contributed by atoms with Crippen LogP contribution in [0.4, 0.5) is 0 Å². The molecule has 2 aromatic rings. The molecule has 0 fully saturated rings. The van der Waals surface area contributed by atoms with Gasteiger partial charge in [-0.1, -0.05) is 0 Å². The molecule has 0 aliphatic heterocycles. The molecule has 0 atom stereocenters. The zero-order valence-electron chi connectivity index (χ0n) is 5.73. The van der Waals surface area contributed by atoms with E-state index in [1.807, 2.05) is 24.4 Å². The summed E-state index contributed by atoms with van der Waals surface area (Å²) in [6.45, 7) is 0. The third-order valence-corrected chi connectivity index (χ3v) is 1.56. The molecular weight excluding hydrogens is 138 g/mol. The third-order valence-electron chi connectivity index (χ3n) is 1.56. The molecule has 0 amide bonds. The average molecular weight is 143 g/mol. The summed E-state index contributed by atoms with van der Waals surface area (Å²) in [6.07, 6.45) is 5.39. The number of nitrogens with zero attached hydrogens (tertiary/aromatic N) is 3. The van der Waals surface area contributed by atoms with E-state index in [9.17, 15) is 0 Å². The molecule has 0 unspecified atom stereocenters. The van der Waals surface area contributed by atoms with Crippen molar-refractivity contribution in [1.29, 1.82) is 5.26 Å². The van der Waals surface area contributed by atoms with Crippen LogP contribution in [0.1, 0.15) is 0 Å². The van der Waals surface area contributed by atoms with Gasteiger partial charge in [0.2, 0.25) is 0 Å². The van der Waals surface area contributed by atoms with E-state index < -0.39 is 0 Å². The number of pyridine rings is 1. The van der Waals surface area contributed by atoms with Gasteiger partial charge in [0.1, 0.15) is 0 Å². The Hall–Kier alpha value is -1.82. The van der Waals surface area contributed by atoms with Crippen molar-refractivity contribution in [3.05, 3.63) is 30.6 Å². The molecule has 0 aliphatic carbocycles. The number of nitriles is 1. The van der Waals surface area contributed by atoms with Crippen LogP contribution in [-0.4, -0.2) is 9.55 Å². The molecule has 0 aliphatic rings. The molecule has 0 N–H and O–H groups in total. The molecule has 2 rings (SSSR count). The second-order valence-corrected chi connectivity index (χ2v) is 2.20. The highest BCUT2D eigenvalue weighted by molar-refractivity contribution is 5.76. The van der Waals surface area contributed by atoms with Gasteiger partial charge >= 0.3 is 0 Å². The van der Waals surface area contributed by atoms with Crippen LogP contribution in [0.15, 0.2) is 30.6 Å². The Morgan fingerprint density at radius 1 is 1.45 bits per heavy atom. The highest BCUT2D eigenvalue weighted by Crippen LogP contribution is 2.10. The molecule has 3 nitrogen and oxygen atoms in total. The summed E-state index contributed by atoms with van der Waals surface area (Å²) in [5.74, 6) is 0. The monoisotopic (exact) mass is 143 g/mol. The summed E-state index contributed by atoms with van der Waals surface area (Å²) in [6, 6.07) is 5.64. The van der Waals surface area contributed by atoms with E-state index in [2.05, 4.69) is 4.98 Å². The SMILES string of the molecule is N#Cn1ccc2cccnc21. The zero-order chi connectivity index (χ0) is 7.68. The molecule has 0 spiro atoms. The van der Waals surface area contributed by atoms with Gasteiger partial charge in [0.15, 0.2) is 11.8 Å². The molecule has 52 valence electrons. The van der Waals surface area contributed by atoms with Crippen molar-refractivity contribution >= 4 is 11.0 Å². The van der Waals surface area contributed by atoms with E-state index in [0.717, 1.165) is 11.0 Å². The van der Waals surface area contributed by atoms with E-state index in [4.69, 9.17) is 5.26 Å². The van der Waals surface area contributed by atoms with Gasteiger partial charge in [0.05, 0.1) is 0 Å². The van der Waals surface area contributed by atoms with Crippen molar-refractivity contribution in [3.8, 4) is 6.19 Å². The highest BCUT2D eigenvalue weighted by atomic mass is 15.0. The first-order chi connectivity index (χ1) is 5.42. The lowest BCUT2D eigenvalue weighted by molar-refractivity contribution is 1.11. The molecular formula is C8H5N3. The minimum absolute atomic E-state index is 0.718. The van der Waals surface area contributed by atoms with Crippen LogP contribution in [0, 0.1) is 11.5 Å². The summed E-state index contributed by atoms with van der Waals surface area (Å²) in [4.78, 5) is 4.05. The Balaban J connectivity index is 2.89. The normalized spacial score (nSPS) is 9.73. The van der Waals surface area contributed by atoms with Crippen LogP contribution in [0.2, 0.25) is 0 Å². The van der Waals surface area contributed by atoms with E-state index in [1.54, 1.807) is 12.4 Å². The lowest BCUT2D eigenvalue weighted by Gasteiger charge is -1.88. The number of fused-ring (bicyclic) bond motifs is 1. The second kappa shape index (κ2) is 2.10. The Bertz CT molecular complexity index is 422. The third kappa shape index (κ3) is 0.767. The molecule has 0 bridgehead atoms. The van der Waals surface area contributed by atoms with Crippen LogP contribution in [-0.2, 0) is 0 Å². The fourth-order valence-corrected chi connectivity index (χ4v) is 1.05. The number of aromatic nitrogens is 2. The first-order valence-electron chi connectivity index (χ1n) is 3.24. The van der Waals surface area contributed by atoms with Crippen LogP contribution in [0.5, 0.6) is 0 Å². The Morgan fingerprint density at radius 2 is 2.36 bits per heavy atom. The van der Waals surface area contributed by atoms with Gasteiger partial charge < -0.3 is 0 Å². The summed E-state index contributed by atoms with van der Waals surface area (Å²) in [7, 11) is 0. The van der Waals surface area contributed by atoms with Crippen molar-refractivity contribution in [2.24, 2.45) is 0 Å². The number of rotatable bonds is 0. The summed E-state index contributed by atoms with van der Waals surface area (Å²) >= 11 is 0. The van der Waals surface area contributed by atoms with E-state index in [0.29, 0.717) is 0 Å². The second-order valence-electron chi connectivity index (χ2n) is 2.20. The van der Waals surface area contributed by atoms with Gasteiger partial charge in [-0.2, -0.15) is 5.26 Å². The first-order valence-corrected chi connectivity index (χ1v) is 3.24. The standard InChI is InChI=1S/C8H5N3/c9-6-11-5-3-7-2-1-4-10-8(7)11/h1-5H. The largest absolute Gasteiger partial charge is 0.237 e. The van der Waals surface area contributed by atoms with Crippen molar-refractivity contribution < 1.29 is 0 Å². The van der Waals surface area contributed by atoms with E-state index >= 15 is 0 Å². The minimum atomic E-state index is 0.718. The van der Waals surface area contributed by atoms with Crippen molar-refractivity contribution in [2.45, 2.75) is 0 Å². The maximum atomic E-state index is 8.60. The molecule has 2 heterocycles. The molecule has 0 saturated heterocycles. The summed E-state index contributed by atoms with van der Waals surface area (Å²) in [5, 5.41) is 9.59. The number of hydrogen-bond donors (Lipinski definition) is 0. The molecule has 3 heteroatoms. The predicted octanol–water partition coefficient (Wildman–Crippen LogP) is 1.37. The Kier molecular flexibility index (Phi) is 1.13. The van der Waals surface area contributed by atoms with Crippen LogP contribution in [0.25, 0.3) is 11.0 Å². The van der Waals surface area contributed by atoms with Gasteiger partial charge in [-0.05, 0) is 18.2 Å². The van der Waals surface area contributed by atoms with Gasteiger partial charge in [0, 0.05) is 17.8 Å². The fraction of sp³-hybridized carbons (Fsp3) is 0. The highest BCUT2D eigenvalue weighted by Gasteiger charge is 1.97. The lowest BCUT2D eigenvalue weighted by atomic mass is 10.3. The van der Waals surface area contributed by atoms with Crippen LogP contribution < -0.4 is 0 Å². The quantitative estimate of drug-likeness (QED) is 0.558. The molecule has 0 saturated carbocycles. The maximum Gasteiger partial charge on any atom is 0.190 e. The average Bonchev–Trinajstić information content (AvgIpc) is 2.47. The summed E-state index contributed by atoms with van der Waals surface area (Å²) in [5.41, 5.74) is 0.718. The Morgan fingerprint density at radius 3 is 3.18 bits per heavy atom. The molecule has 11 heavy (non-hydrogen) atoms. The van der Waals surface area contributed by atoms with Crippen molar-refractivity contribution in [2.75, 3.05) is 0 Å². The lowest BCUT2D eigenvalue weighted by Crippen LogP contribution is -1.85. The van der Waals surface area contributed by atoms with Crippen molar-refractivity contribution in [3.63, 3.8) is 0 Å². The van der Waals surface area contributed by atoms with Gasteiger partial charge in [-0.15, -0.1) is 0 Å². The zero-order valence-corrected chi connectivity index (χ0v) is 5.73. The van der Waals surface area contributed by atoms with Gasteiger partial charge in [-0.3, -0.25) is 0 Å². The first kappa shape index (κ1) is 5.93. The molecule has 0 aromatic carbocycles. The van der Waals surface area contributed by atoms with E-state index in [-0.39, 0.29) is 0 Å². The van der Waals surface area contributed by atoms with Crippen LogP contribution in [0.3, 0.4) is 0 Å². The summed E-state index contributed by atoms with van der Waals surface area (Å²) < 4.78 is 1.44. The maximum absolute atomic E-state index is 8.60. The van der Waals surface area contributed by atoms with Crippen LogP contribution >= 0.6 is 0 Å². The van der Waals surface area contributed by atoms with Gasteiger partial charge in [0.25, 0.3) is 0 Å². The molecule has 2 aromatic heterocycles. The fourth-order valence-electron chi connectivity index (χ4n) is 1.05. The smallest absolute Gasteiger partial charge is 0.190 e. The topological polar surface area (TPSA) is 41.6 Å². The van der Waals surface area contributed by atoms with Crippen molar-refractivity contribution in [1.82, 2.24) is 9.55 Å². The minimum Gasteiger partial charge on any atom is -0.237 e.